The Labute approximate surface area is 100 Å². The van der Waals surface area contributed by atoms with E-state index in [0.717, 1.165) is 29.6 Å². The molecule has 0 radical (unpaired) electrons. The fraction of sp³-hybridized carbons (Fsp3) is 0.545. The third-order valence-electron chi connectivity index (χ3n) is 3.17. The molecule has 2 rings (SSSR count). The maximum atomic E-state index is 6.12. The molecule has 0 aliphatic carbocycles. The van der Waals surface area contributed by atoms with Gasteiger partial charge in [-0.15, -0.1) is 11.6 Å². The molecule has 0 saturated carbocycles. The third-order valence-corrected chi connectivity index (χ3v) is 3.86. The first kappa shape index (κ1) is 11.0. The lowest BCUT2D eigenvalue weighted by Crippen LogP contribution is -2.30. The molecule has 4 heteroatoms. The van der Waals surface area contributed by atoms with Gasteiger partial charge in [0.05, 0.1) is 10.7 Å². The standard InChI is InChI=1S/C11H14Cl2N2/c1-8-9(6-12)3-5-15(8)11-2-4-14-7-10(11)13/h2,4,7-9H,3,5-6H2,1H3. The maximum Gasteiger partial charge on any atom is 0.0822 e. The van der Waals surface area contributed by atoms with E-state index in [1.54, 1.807) is 12.4 Å². The number of hydrogen-bond donors (Lipinski definition) is 0. The van der Waals surface area contributed by atoms with Crippen LogP contribution >= 0.6 is 23.2 Å². The molecule has 1 saturated heterocycles. The molecule has 2 heterocycles. The van der Waals surface area contributed by atoms with E-state index in [9.17, 15) is 0 Å². The van der Waals surface area contributed by atoms with Gasteiger partial charge < -0.3 is 4.90 Å². The minimum atomic E-state index is 0.461. The van der Waals surface area contributed by atoms with Crippen molar-refractivity contribution in [1.82, 2.24) is 4.98 Å². The summed E-state index contributed by atoms with van der Waals surface area (Å²) in [4.78, 5) is 6.31. The predicted molar refractivity (Wildman–Crippen MR) is 64.9 cm³/mol. The van der Waals surface area contributed by atoms with Gasteiger partial charge in [0.1, 0.15) is 0 Å². The van der Waals surface area contributed by atoms with Crippen molar-refractivity contribution in [3.05, 3.63) is 23.5 Å². The van der Waals surface area contributed by atoms with Gasteiger partial charge >= 0.3 is 0 Å². The fourth-order valence-electron chi connectivity index (χ4n) is 2.15. The van der Waals surface area contributed by atoms with Gasteiger partial charge in [0, 0.05) is 30.9 Å². The molecule has 0 bridgehead atoms. The lowest BCUT2D eigenvalue weighted by Gasteiger charge is -2.26. The Morgan fingerprint density at radius 3 is 3.00 bits per heavy atom. The third kappa shape index (κ3) is 2.06. The highest BCUT2D eigenvalue weighted by molar-refractivity contribution is 6.33. The highest BCUT2D eigenvalue weighted by atomic mass is 35.5. The molecule has 0 N–H and O–H groups in total. The fourth-order valence-corrected chi connectivity index (χ4v) is 2.79. The average molecular weight is 245 g/mol. The first-order chi connectivity index (χ1) is 7.24. The molecule has 1 aliphatic heterocycles. The number of rotatable bonds is 2. The number of pyridine rings is 1. The Kier molecular flexibility index (Phi) is 3.37. The van der Waals surface area contributed by atoms with Gasteiger partial charge in [-0.2, -0.15) is 0 Å². The molecular weight excluding hydrogens is 231 g/mol. The van der Waals surface area contributed by atoms with Gasteiger partial charge in [-0.1, -0.05) is 11.6 Å². The van der Waals surface area contributed by atoms with Crippen molar-refractivity contribution in [3.8, 4) is 0 Å². The number of hydrogen-bond acceptors (Lipinski definition) is 2. The second-order valence-electron chi connectivity index (χ2n) is 3.96. The zero-order chi connectivity index (χ0) is 10.8. The average Bonchev–Trinajstić information content (AvgIpc) is 2.60. The maximum absolute atomic E-state index is 6.12. The molecular formula is C11H14Cl2N2. The van der Waals surface area contributed by atoms with Gasteiger partial charge in [0.25, 0.3) is 0 Å². The summed E-state index contributed by atoms with van der Waals surface area (Å²) in [5.41, 5.74) is 1.08. The van der Waals surface area contributed by atoms with Crippen LogP contribution in [0.15, 0.2) is 18.5 Å². The highest BCUT2D eigenvalue weighted by Gasteiger charge is 2.30. The first-order valence-electron chi connectivity index (χ1n) is 5.16. The Hall–Kier alpha value is -0.470. The zero-order valence-electron chi connectivity index (χ0n) is 8.66. The smallest absolute Gasteiger partial charge is 0.0822 e. The lowest BCUT2D eigenvalue weighted by atomic mass is 10.0. The second kappa shape index (κ2) is 4.58. The number of nitrogens with zero attached hydrogens (tertiary/aromatic N) is 2. The van der Waals surface area contributed by atoms with E-state index in [-0.39, 0.29) is 0 Å². The van der Waals surface area contributed by atoms with E-state index in [1.165, 1.54) is 0 Å². The van der Waals surface area contributed by atoms with Gasteiger partial charge in [-0.05, 0) is 25.3 Å². The van der Waals surface area contributed by atoms with Crippen molar-refractivity contribution < 1.29 is 0 Å². The molecule has 0 amide bonds. The largest absolute Gasteiger partial charge is 0.367 e. The van der Waals surface area contributed by atoms with Crippen LogP contribution in [0.5, 0.6) is 0 Å². The monoisotopic (exact) mass is 244 g/mol. The molecule has 2 unspecified atom stereocenters. The van der Waals surface area contributed by atoms with Gasteiger partial charge in [-0.3, -0.25) is 4.98 Å². The van der Waals surface area contributed by atoms with Crippen molar-refractivity contribution in [2.75, 3.05) is 17.3 Å². The minimum Gasteiger partial charge on any atom is -0.367 e. The first-order valence-corrected chi connectivity index (χ1v) is 6.07. The van der Waals surface area contributed by atoms with Crippen LogP contribution in [0.2, 0.25) is 5.02 Å². The van der Waals surface area contributed by atoms with E-state index < -0.39 is 0 Å². The molecule has 2 nitrogen and oxygen atoms in total. The summed E-state index contributed by atoms with van der Waals surface area (Å²) in [6.45, 7) is 3.24. The zero-order valence-corrected chi connectivity index (χ0v) is 10.2. The van der Waals surface area contributed by atoms with Crippen LogP contribution in [0.1, 0.15) is 13.3 Å². The number of anilines is 1. The Bertz CT molecular complexity index is 343. The SMILES string of the molecule is CC1C(CCl)CCN1c1ccncc1Cl. The van der Waals surface area contributed by atoms with E-state index in [4.69, 9.17) is 23.2 Å². The summed E-state index contributed by atoms with van der Waals surface area (Å²) in [6, 6.07) is 2.43. The minimum absolute atomic E-state index is 0.461. The van der Waals surface area contributed by atoms with Crippen LogP contribution in [-0.4, -0.2) is 23.5 Å². The van der Waals surface area contributed by atoms with Gasteiger partial charge in [0.2, 0.25) is 0 Å². The van der Waals surface area contributed by atoms with Crippen LogP contribution in [0, 0.1) is 5.92 Å². The summed E-state index contributed by atoms with van der Waals surface area (Å²) >= 11 is 12.0. The Balaban J connectivity index is 2.22. The normalized spacial score (nSPS) is 25.9. The lowest BCUT2D eigenvalue weighted by molar-refractivity contribution is 0.552. The summed E-state index contributed by atoms with van der Waals surface area (Å²) in [5, 5.41) is 0.722. The Morgan fingerprint density at radius 1 is 1.60 bits per heavy atom. The summed E-state index contributed by atoms with van der Waals surface area (Å²) in [6.07, 6.45) is 4.61. The molecule has 1 aliphatic rings. The topological polar surface area (TPSA) is 16.1 Å². The summed E-state index contributed by atoms with van der Waals surface area (Å²) < 4.78 is 0. The molecule has 15 heavy (non-hydrogen) atoms. The molecule has 1 aromatic rings. The predicted octanol–water partition coefficient (Wildman–Crippen LogP) is 3.19. The number of aromatic nitrogens is 1. The van der Waals surface area contributed by atoms with Crippen LogP contribution in [-0.2, 0) is 0 Å². The Morgan fingerprint density at radius 2 is 2.40 bits per heavy atom. The van der Waals surface area contributed by atoms with E-state index in [1.807, 2.05) is 6.07 Å². The summed E-state index contributed by atoms with van der Waals surface area (Å²) in [5.74, 6) is 1.29. The molecule has 1 fully saturated rings. The van der Waals surface area contributed by atoms with E-state index in [2.05, 4.69) is 16.8 Å². The van der Waals surface area contributed by atoms with Crippen LogP contribution in [0.3, 0.4) is 0 Å². The summed E-state index contributed by atoms with van der Waals surface area (Å²) in [7, 11) is 0. The van der Waals surface area contributed by atoms with Crippen molar-refractivity contribution in [2.45, 2.75) is 19.4 Å². The van der Waals surface area contributed by atoms with Crippen LogP contribution in [0.4, 0.5) is 5.69 Å². The second-order valence-corrected chi connectivity index (χ2v) is 4.68. The van der Waals surface area contributed by atoms with Crippen LogP contribution in [0.25, 0.3) is 0 Å². The van der Waals surface area contributed by atoms with Crippen LogP contribution < -0.4 is 4.90 Å². The number of alkyl halides is 1. The molecule has 1 aromatic heterocycles. The van der Waals surface area contributed by atoms with Crippen molar-refractivity contribution in [2.24, 2.45) is 5.92 Å². The molecule has 2 atom stereocenters. The van der Waals surface area contributed by atoms with Crippen molar-refractivity contribution in [1.29, 1.82) is 0 Å². The quantitative estimate of drug-likeness (QED) is 0.744. The number of halogens is 2. The van der Waals surface area contributed by atoms with Gasteiger partial charge in [-0.25, -0.2) is 0 Å². The van der Waals surface area contributed by atoms with E-state index in [0.29, 0.717) is 12.0 Å². The highest BCUT2D eigenvalue weighted by Crippen LogP contribution is 2.33. The molecule has 82 valence electrons. The van der Waals surface area contributed by atoms with E-state index >= 15 is 0 Å². The van der Waals surface area contributed by atoms with Gasteiger partial charge in [0.15, 0.2) is 0 Å². The van der Waals surface area contributed by atoms with Crippen molar-refractivity contribution >= 4 is 28.9 Å². The molecule has 0 spiro atoms. The molecule has 0 aromatic carbocycles. The van der Waals surface area contributed by atoms with Crippen molar-refractivity contribution in [3.63, 3.8) is 0 Å².